The molecule has 0 spiro atoms. The van der Waals surface area contributed by atoms with E-state index in [0.29, 0.717) is 31.6 Å². The first kappa shape index (κ1) is 15.1. The molecule has 0 amide bonds. The number of nitrogens with one attached hydrogen (secondary N) is 1. The van der Waals surface area contributed by atoms with Crippen molar-refractivity contribution in [2.45, 2.75) is 38.5 Å². The van der Waals surface area contributed by atoms with Crippen molar-refractivity contribution in [1.82, 2.24) is 15.1 Å². The summed E-state index contributed by atoms with van der Waals surface area (Å²) in [5.41, 5.74) is 0. The van der Waals surface area contributed by atoms with Crippen LogP contribution in [-0.4, -0.2) is 67.3 Å². The minimum atomic E-state index is -4.12. The zero-order valence-electron chi connectivity index (χ0n) is 11.7. The normalized spacial score (nSPS) is 31.3. The fourth-order valence-electron chi connectivity index (χ4n) is 3.10. The standard InChI is InChI=1S/C13H24F3N3/c1-10(2)18-5-3-11(8-18)9-19-6-4-17-7-12(19)13(14,15)16/h10-12,17H,3-9H2,1-2H3. The number of rotatable bonds is 3. The second kappa shape index (κ2) is 5.97. The molecule has 2 heterocycles. The van der Waals surface area contributed by atoms with Gasteiger partial charge in [-0.15, -0.1) is 0 Å². The number of alkyl halides is 3. The van der Waals surface area contributed by atoms with E-state index in [1.807, 2.05) is 0 Å². The Morgan fingerprint density at radius 3 is 2.58 bits per heavy atom. The minimum Gasteiger partial charge on any atom is -0.314 e. The molecule has 2 aliphatic heterocycles. The van der Waals surface area contributed by atoms with E-state index in [0.717, 1.165) is 19.5 Å². The number of piperazine rings is 1. The van der Waals surface area contributed by atoms with Gasteiger partial charge in [0.1, 0.15) is 6.04 Å². The average molecular weight is 279 g/mol. The molecule has 1 N–H and O–H groups in total. The summed E-state index contributed by atoms with van der Waals surface area (Å²) in [6, 6.07) is -0.819. The van der Waals surface area contributed by atoms with Gasteiger partial charge in [0, 0.05) is 38.8 Å². The predicted octanol–water partition coefficient (Wildman–Crippen LogP) is 1.55. The van der Waals surface area contributed by atoms with Crippen LogP contribution in [0.2, 0.25) is 0 Å². The van der Waals surface area contributed by atoms with Crippen LogP contribution in [0.1, 0.15) is 20.3 Å². The lowest BCUT2D eigenvalue weighted by Crippen LogP contribution is -2.58. The van der Waals surface area contributed by atoms with E-state index in [1.54, 1.807) is 4.90 Å². The van der Waals surface area contributed by atoms with Crippen molar-refractivity contribution in [2.75, 3.05) is 39.3 Å². The smallest absolute Gasteiger partial charge is 0.314 e. The molecule has 6 heteroatoms. The molecule has 2 unspecified atom stereocenters. The third-order valence-electron chi connectivity index (χ3n) is 4.27. The Morgan fingerprint density at radius 2 is 2.00 bits per heavy atom. The van der Waals surface area contributed by atoms with Crippen LogP contribution < -0.4 is 5.32 Å². The van der Waals surface area contributed by atoms with E-state index in [9.17, 15) is 13.2 Å². The minimum absolute atomic E-state index is 0.0319. The Balaban J connectivity index is 1.90. The van der Waals surface area contributed by atoms with Crippen LogP contribution in [0.3, 0.4) is 0 Å². The van der Waals surface area contributed by atoms with Gasteiger partial charge in [-0.3, -0.25) is 4.90 Å². The maximum absolute atomic E-state index is 13.0. The summed E-state index contributed by atoms with van der Waals surface area (Å²) in [5, 5.41) is 2.85. The second-order valence-electron chi connectivity index (χ2n) is 6.00. The molecule has 112 valence electrons. The molecule has 0 saturated carbocycles. The molecule has 2 atom stereocenters. The highest BCUT2D eigenvalue weighted by atomic mass is 19.4. The molecule has 2 saturated heterocycles. The molecule has 0 aliphatic carbocycles. The lowest BCUT2D eigenvalue weighted by Gasteiger charge is -2.38. The van der Waals surface area contributed by atoms with Crippen LogP contribution in [0, 0.1) is 5.92 Å². The average Bonchev–Trinajstić information content (AvgIpc) is 2.77. The summed E-state index contributed by atoms with van der Waals surface area (Å²) in [5.74, 6) is 0.380. The van der Waals surface area contributed by atoms with E-state index >= 15 is 0 Å². The van der Waals surface area contributed by atoms with Crippen LogP contribution in [0.25, 0.3) is 0 Å². The van der Waals surface area contributed by atoms with Crippen molar-refractivity contribution in [1.29, 1.82) is 0 Å². The third-order valence-corrected chi connectivity index (χ3v) is 4.27. The maximum atomic E-state index is 13.0. The lowest BCUT2D eigenvalue weighted by atomic mass is 10.1. The summed E-state index contributed by atoms with van der Waals surface area (Å²) in [7, 11) is 0. The van der Waals surface area contributed by atoms with E-state index in [1.165, 1.54) is 0 Å². The van der Waals surface area contributed by atoms with Crippen LogP contribution >= 0.6 is 0 Å². The Labute approximate surface area is 113 Å². The third kappa shape index (κ3) is 3.83. The van der Waals surface area contributed by atoms with E-state index in [4.69, 9.17) is 0 Å². The molecule has 0 bridgehead atoms. The van der Waals surface area contributed by atoms with Crippen LogP contribution in [-0.2, 0) is 0 Å². The van der Waals surface area contributed by atoms with Crippen LogP contribution in [0.4, 0.5) is 13.2 Å². The zero-order valence-corrected chi connectivity index (χ0v) is 11.7. The molecular weight excluding hydrogens is 255 g/mol. The summed E-state index contributed by atoms with van der Waals surface area (Å²) in [6.07, 6.45) is -3.10. The SMILES string of the molecule is CC(C)N1CCC(CN2CCNCC2C(F)(F)F)C1. The second-order valence-corrected chi connectivity index (χ2v) is 6.00. The molecule has 2 fully saturated rings. The van der Waals surface area contributed by atoms with Gasteiger partial charge in [-0.1, -0.05) is 0 Å². The Hall–Kier alpha value is -0.330. The molecule has 0 aromatic rings. The van der Waals surface area contributed by atoms with Gasteiger partial charge >= 0.3 is 6.18 Å². The lowest BCUT2D eigenvalue weighted by molar-refractivity contribution is -0.188. The van der Waals surface area contributed by atoms with Gasteiger partial charge in [0.05, 0.1) is 0 Å². The number of nitrogens with zero attached hydrogens (tertiary/aromatic N) is 2. The highest BCUT2D eigenvalue weighted by Crippen LogP contribution is 2.28. The summed E-state index contributed by atoms with van der Waals surface area (Å²) in [4.78, 5) is 3.99. The fourth-order valence-corrected chi connectivity index (χ4v) is 3.10. The monoisotopic (exact) mass is 279 g/mol. The van der Waals surface area contributed by atoms with Crippen molar-refractivity contribution in [3.63, 3.8) is 0 Å². The summed E-state index contributed by atoms with van der Waals surface area (Å²) in [6.45, 7) is 8.02. The van der Waals surface area contributed by atoms with Gasteiger partial charge < -0.3 is 10.2 Å². The summed E-state index contributed by atoms with van der Waals surface area (Å²) < 4.78 is 38.9. The first-order valence-electron chi connectivity index (χ1n) is 7.13. The van der Waals surface area contributed by atoms with E-state index in [-0.39, 0.29) is 6.54 Å². The molecule has 3 nitrogen and oxygen atoms in total. The number of hydrogen-bond acceptors (Lipinski definition) is 3. The molecule has 2 rings (SSSR count). The highest BCUT2D eigenvalue weighted by Gasteiger charge is 2.45. The van der Waals surface area contributed by atoms with Crippen molar-refractivity contribution in [3.8, 4) is 0 Å². The number of likely N-dealkylation sites (tertiary alicyclic amines) is 1. The highest BCUT2D eigenvalue weighted by molar-refractivity contribution is 4.88. The first-order chi connectivity index (χ1) is 8.88. The Morgan fingerprint density at radius 1 is 1.26 bits per heavy atom. The molecule has 0 radical (unpaired) electrons. The van der Waals surface area contributed by atoms with E-state index in [2.05, 4.69) is 24.1 Å². The maximum Gasteiger partial charge on any atom is 0.405 e. The van der Waals surface area contributed by atoms with Gasteiger partial charge in [-0.25, -0.2) is 0 Å². The molecule has 19 heavy (non-hydrogen) atoms. The summed E-state index contributed by atoms with van der Waals surface area (Å²) >= 11 is 0. The largest absolute Gasteiger partial charge is 0.405 e. The van der Waals surface area contributed by atoms with Gasteiger partial charge in [0.25, 0.3) is 0 Å². The van der Waals surface area contributed by atoms with Crippen molar-refractivity contribution in [2.24, 2.45) is 5.92 Å². The van der Waals surface area contributed by atoms with Gasteiger partial charge in [-0.05, 0) is 32.7 Å². The van der Waals surface area contributed by atoms with Crippen molar-refractivity contribution in [3.05, 3.63) is 0 Å². The van der Waals surface area contributed by atoms with Gasteiger partial charge in [0.2, 0.25) is 0 Å². The molecule has 0 aromatic carbocycles. The quantitative estimate of drug-likeness (QED) is 0.845. The predicted molar refractivity (Wildman–Crippen MR) is 69.1 cm³/mol. The number of halogens is 3. The van der Waals surface area contributed by atoms with Crippen molar-refractivity contribution < 1.29 is 13.2 Å². The molecular formula is C13H24F3N3. The Bertz CT molecular complexity index is 293. The van der Waals surface area contributed by atoms with Gasteiger partial charge in [0.15, 0.2) is 0 Å². The molecule has 0 aromatic heterocycles. The van der Waals surface area contributed by atoms with Crippen LogP contribution in [0.15, 0.2) is 0 Å². The fraction of sp³-hybridized carbons (Fsp3) is 1.00. The Kier molecular flexibility index (Phi) is 4.74. The molecule has 2 aliphatic rings. The number of hydrogen-bond donors (Lipinski definition) is 1. The van der Waals surface area contributed by atoms with Crippen molar-refractivity contribution >= 4 is 0 Å². The van der Waals surface area contributed by atoms with Gasteiger partial charge in [-0.2, -0.15) is 13.2 Å². The van der Waals surface area contributed by atoms with Crippen LogP contribution in [0.5, 0.6) is 0 Å². The topological polar surface area (TPSA) is 18.5 Å². The van der Waals surface area contributed by atoms with E-state index < -0.39 is 12.2 Å². The first-order valence-corrected chi connectivity index (χ1v) is 7.13. The zero-order chi connectivity index (χ0) is 14.0.